The molecule has 2 rings (SSSR count). The standard InChI is InChI=1S/C13H19NO/c1-9(14)7-10-3-6-12(11-4-5-11)13(8-10)15-2/h3,6,8-9,11H,4-5,7,14H2,1-2H3. The van der Waals surface area contributed by atoms with Crippen molar-refractivity contribution in [2.45, 2.75) is 38.1 Å². The Labute approximate surface area is 91.4 Å². The molecule has 0 heterocycles. The molecule has 0 spiro atoms. The van der Waals surface area contributed by atoms with Crippen LogP contribution in [-0.2, 0) is 6.42 Å². The van der Waals surface area contributed by atoms with Gasteiger partial charge in [-0.15, -0.1) is 0 Å². The van der Waals surface area contributed by atoms with Gasteiger partial charge in [0.05, 0.1) is 7.11 Å². The van der Waals surface area contributed by atoms with Crippen LogP contribution in [0.25, 0.3) is 0 Å². The number of hydrogen-bond acceptors (Lipinski definition) is 2. The summed E-state index contributed by atoms with van der Waals surface area (Å²) in [6.45, 7) is 2.03. The molecule has 1 atom stereocenters. The molecule has 0 aromatic heterocycles. The lowest BCUT2D eigenvalue weighted by atomic mass is 10.0. The van der Waals surface area contributed by atoms with E-state index in [1.54, 1.807) is 7.11 Å². The molecular weight excluding hydrogens is 186 g/mol. The predicted molar refractivity (Wildman–Crippen MR) is 62.3 cm³/mol. The lowest BCUT2D eigenvalue weighted by Gasteiger charge is -2.11. The predicted octanol–water partition coefficient (Wildman–Crippen LogP) is 2.46. The molecule has 1 aromatic carbocycles. The van der Waals surface area contributed by atoms with Gasteiger partial charge >= 0.3 is 0 Å². The van der Waals surface area contributed by atoms with Gasteiger partial charge < -0.3 is 10.5 Å². The summed E-state index contributed by atoms with van der Waals surface area (Å²) in [7, 11) is 1.75. The van der Waals surface area contributed by atoms with Crippen molar-refractivity contribution >= 4 is 0 Å². The lowest BCUT2D eigenvalue weighted by molar-refractivity contribution is 0.409. The molecule has 15 heavy (non-hydrogen) atoms. The molecule has 2 nitrogen and oxygen atoms in total. The fraction of sp³-hybridized carbons (Fsp3) is 0.538. The van der Waals surface area contributed by atoms with E-state index in [4.69, 9.17) is 10.5 Å². The van der Waals surface area contributed by atoms with Crippen LogP contribution in [0.1, 0.15) is 36.8 Å². The zero-order valence-corrected chi connectivity index (χ0v) is 9.49. The van der Waals surface area contributed by atoms with Crippen molar-refractivity contribution in [3.63, 3.8) is 0 Å². The molecule has 82 valence electrons. The minimum atomic E-state index is 0.210. The second-order valence-electron chi connectivity index (χ2n) is 4.53. The summed E-state index contributed by atoms with van der Waals surface area (Å²) in [4.78, 5) is 0. The number of rotatable bonds is 4. The zero-order valence-electron chi connectivity index (χ0n) is 9.49. The maximum Gasteiger partial charge on any atom is 0.122 e. The number of nitrogens with two attached hydrogens (primary N) is 1. The Kier molecular flexibility index (Phi) is 2.96. The minimum Gasteiger partial charge on any atom is -0.496 e. The van der Waals surface area contributed by atoms with E-state index in [1.165, 1.54) is 24.0 Å². The molecule has 0 amide bonds. The highest BCUT2D eigenvalue weighted by atomic mass is 16.5. The molecule has 0 bridgehead atoms. The first-order chi connectivity index (χ1) is 7.20. The molecule has 2 heteroatoms. The van der Waals surface area contributed by atoms with E-state index >= 15 is 0 Å². The maximum atomic E-state index is 5.79. The van der Waals surface area contributed by atoms with E-state index in [1.807, 2.05) is 6.92 Å². The first-order valence-electron chi connectivity index (χ1n) is 5.63. The number of ether oxygens (including phenoxy) is 1. The fourth-order valence-corrected chi connectivity index (χ4v) is 1.99. The highest BCUT2D eigenvalue weighted by molar-refractivity contribution is 5.42. The largest absolute Gasteiger partial charge is 0.496 e. The monoisotopic (exact) mass is 205 g/mol. The lowest BCUT2D eigenvalue weighted by Crippen LogP contribution is -2.17. The summed E-state index contributed by atoms with van der Waals surface area (Å²) in [6, 6.07) is 6.73. The van der Waals surface area contributed by atoms with Crippen LogP contribution in [0.4, 0.5) is 0 Å². The van der Waals surface area contributed by atoms with Crippen LogP contribution in [0, 0.1) is 0 Å². The smallest absolute Gasteiger partial charge is 0.122 e. The Hall–Kier alpha value is -1.02. The van der Waals surface area contributed by atoms with Crippen molar-refractivity contribution < 1.29 is 4.74 Å². The fourth-order valence-electron chi connectivity index (χ4n) is 1.99. The summed E-state index contributed by atoms with van der Waals surface area (Å²) in [5.74, 6) is 1.78. The topological polar surface area (TPSA) is 35.2 Å². The Morgan fingerprint density at radius 2 is 2.20 bits per heavy atom. The maximum absolute atomic E-state index is 5.79. The average molecular weight is 205 g/mol. The van der Waals surface area contributed by atoms with E-state index in [-0.39, 0.29) is 6.04 Å². The Bertz CT molecular complexity index is 342. The molecule has 0 saturated heterocycles. The molecule has 1 fully saturated rings. The number of hydrogen-bond donors (Lipinski definition) is 1. The van der Waals surface area contributed by atoms with E-state index < -0.39 is 0 Å². The van der Waals surface area contributed by atoms with Crippen LogP contribution in [0.3, 0.4) is 0 Å². The van der Waals surface area contributed by atoms with E-state index in [0.717, 1.165) is 18.1 Å². The van der Waals surface area contributed by atoms with Gasteiger partial charge in [0.1, 0.15) is 5.75 Å². The van der Waals surface area contributed by atoms with Gasteiger partial charge in [0.15, 0.2) is 0 Å². The first kappa shape index (κ1) is 10.5. The van der Waals surface area contributed by atoms with E-state index in [9.17, 15) is 0 Å². The van der Waals surface area contributed by atoms with Crippen molar-refractivity contribution in [1.82, 2.24) is 0 Å². The van der Waals surface area contributed by atoms with Crippen LogP contribution in [0.5, 0.6) is 5.75 Å². The third-order valence-corrected chi connectivity index (χ3v) is 2.87. The van der Waals surface area contributed by atoms with Crippen LogP contribution in [-0.4, -0.2) is 13.2 Å². The normalized spacial score (nSPS) is 17.5. The Balaban J connectivity index is 2.21. The van der Waals surface area contributed by atoms with Gasteiger partial charge in [-0.25, -0.2) is 0 Å². The second kappa shape index (κ2) is 4.23. The van der Waals surface area contributed by atoms with Gasteiger partial charge in [0.2, 0.25) is 0 Å². The molecule has 1 saturated carbocycles. The summed E-state index contributed by atoms with van der Waals surface area (Å²) in [5.41, 5.74) is 8.42. The van der Waals surface area contributed by atoms with Crippen molar-refractivity contribution in [3.8, 4) is 5.75 Å². The quantitative estimate of drug-likeness (QED) is 0.819. The van der Waals surface area contributed by atoms with Crippen LogP contribution in [0.2, 0.25) is 0 Å². The van der Waals surface area contributed by atoms with Gasteiger partial charge in [-0.3, -0.25) is 0 Å². The number of benzene rings is 1. The van der Waals surface area contributed by atoms with Gasteiger partial charge in [-0.2, -0.15) is 0 Å². The van der Waals surface area contributed by atoms with Crippen LogP contribution in [0.15, 0.2) is 18.2 Å². The first-order valence-corrected chi connectivity index (χ1v) is 5.63. The third kappa shape index (κ3) is 2.51. The molecule has 1 unspecified atom stereocenters. The molecule has 1 aliphatic rings. The second-order valence-corrected chi connectivity index (χ2v) is 4.53. The zero-order chi connectivity index (χ0) is 10.8. The van der Waals surface area contributed by atoms with Crippen LogP contribution < -0.4 is 10.5 Å². The Morgan fingerprint density at radius 1 is 1.47 bits per heavy atom. The summed E-state index contributed by atoms with van der Waals surface area (Å²) in [5, 5.41) is 0. The summed E-state index contributed by atoms with van der Waals surface area (Å²) >= 11 is 0. The van der Waals surface area contributed by atoms with Crippen molar-refractivity contribution in [2.75, 3.05) is 7.11 Å². The summed E-state index contributed by atoms with van der Waals surface area (Å²) in [6.07, 6.45) is 3.54. The van der Waals surface area contributed by atoms with Gasteiger partial charge in [-0.1, -0.05) is 12.1 Å². The van der Waals surface area contributed by atoms with Gasteiger partial charge in [0, 0.05) is 6.04 Å². The SMILES string of the molecule is COc1cc(CC(C)N)ccc1C1CC1. The van der Waals surface area contributed by atoms with Crippen molar-refractivity contribution in [3.05, 3.63) is 29.3 Å². The van der Waals surface area contributed by atoms with E-state index in [2.05, 4.69) is 18.2 Å². The molecule has 2 N–H and O–H groups in total. The third-order valence-electron chi connectivity index (χ3n) is 2.87. The average Bonchev–Trinajstić information content (AvgIpc) is 3.00. The molecule has 0 aliphatic heterocycles. The van der Waals surface area contributed by atoms with Crippen molar-refractivity contribution in [1.29, 1.82) is 0 Å². The summed E-state index contributed by atoms with van der Waals surface area (Å²) < 4.78 is 5.43. The van der Waals surface area contributed by atoms with Crippen LogP contribution >= 0.6 is 0 Å². The van der Waals surface area contributed by atoms with Crippen molar-refractivity contribution in [2.24, 2.45) is 5.73 Å². The van der Waals surface area contributed by atoms with E-state index in [0.29, 0.717) is 0 Å². The molecule has 0 radical (unpaired) electrons. The molecule has 1 aliphatic carbocycles. The molecule has 1 aromatic rings. The van der Waals surface area contributed by atoms with Gasteiger partial charge in [0.25, 0.3) is 0 Å². The Morgan fingerprint density at radius 3 is 2.73 bits per heavy atom. The number of methoxy groups -OCH3 is 1. The molecular formula is C13H19NO. The highest BCUT2D eigenvalue weighted by Gasteiger charge is 2.26. The minimum absolute atomic E-state index is 0.210. The van der Waals surface area contributed by atoms with Gasteiger partial charge in [-0.05, 0) is 49.3 Å². The highest BCUT2D eigenvalue weighted by Crippen LogP contribution is 2.44.